The van der Waals surface area contributed by atoms with E-state index in [0.717, 1.165) is 12.5 Å². The molecule has 0 radical (unpaired) electrons. The molecule has 0 aliphatic heterocycles. The van der Waals surface area contributed by atoms with E-state index >= 15 is 0 Å². The predicted molar refractivity (Wildman–Crippen MR) is 102 cm³/mol. The van der Waals surface area contributed by atoms with Gasteiger partial charge in [0.05, 0.1) is 13.2 Å². The van der Waals surface area contributed by atoms with Crippen molar-refractivity contribution in [2.75, 3.05) is 7.11 Å². The highest BCUT2D eigenvalue weighted by atomic mass is 19.4. The van der Waals surface area contributed by atoms with Crippen LogP contribution in [0.25, 0.3) is 22.4 Å². The van der Waals surface area contributed by atoms with E-state index < -0.39 is 29.6 Å². The van der Waals surface area contributed by atoms with Gasteiger partial charge >= 0.3 is 20.2 Å². The third-order valence-electron chi connectivity index (χ3n) is 4.19. The molecule has 0 amide bonds. The number of hydrogen-bond acceptors (Lipinski definition) is 7. The van der Waals surface area contributed by atoms with Gasteiger partial charge in [-0.2, -0.15) is 13.2 Å². The minimum absolute atomic E-state index is 0.0367. The summed E-state index contributed by atoms with van der Waals surface area (Å²) in [6.07, 6.45) is -3.51. The van der Waals surface area contributed by atoms with Gasteiger partial charge in [0, 0.05) is 10.9 Å². The van der Waals surface area contributed by atoms with E-state index in [9.17, 15) is 23.1 Å². The number of ether oxygens (including phenoxy) is 1. The number of benzene rings is 1. The minimum atomic E-state index is -4.64. The first-order valence-electron chi connectivity index (χ1n) is 8.51. The molecule has 0 saturated carbocycles. The van der Waals surface area contributed by atoms with E-state index in [0.29, 0.717) is 0 Å². The zero-order chi connectivity index (χ0) is 22.1. The first-order valence-corrected chi connectivity index (χ1v) is 8.51. The van der Waals surface area contributed by atoms with Gasteiger partial charge in [-0.3, -0.25) is 4.99 Å². The molecule has 2 heterocycles. The lowest BCUT2D eigenvalue weighted by molar-refractivity contribution is -0.140. The van der Waals surface area contributed by atoms with Crippen LogP contribution in [0.2, 0.25) is 0 Å². The Morgan fingerprint density at radius 2 is 2.03 bits per heavy atom. The summed E-state index contributed by atoms with van der Waals surface area (Å²) >= 11 is 0. The number of aromatic carboxylic acids is 1. The maximum atomic E-state index is 13.1. The fraction of sp³-hybridized carbons (Fsp3) is 0.222. The lowest BCUT2D eigenvalue weighted by Crippen LogP contribution is -2.08. The summed E-state index contributed by atoms with van der Waals surface area (Å²) in [5, 5.41) is 9.70. The van der Waals surface area contributed by atoms with Crippen LogP contribution in [-0.2, 0) is 10.8 Å². The molecule has 2 aromatic heterocycles. The van der Waals surface area contributed by atoms with Gasteiger partial charge in [-0.25, -0.2) is 14.8 Å². The van der Waals surface area contributed by atoms with E-state index in [1.54, 1.807) is 6.92 Å². The van der Waals surface area contributed by atoms with Crippen molar-refractivity contribution in [3.05, 3.63) is 41.4 Å². The van der Waals surface area contributed by atoms with Crippen LogP contribution in [0.15, 0.2) is 33.7 Å². The Hall–Kier alpha value is -3.57. The van der Waals surface area contributed by atoms with Crippen LogP contribution in [0, 0.1) is 0 Å². The van der Waals surface area contributed by atoms with Gasteiger partial charge in [-0.05, 0) is 31.2 Å². The topological polar surface area (TPSA) is 107 Å². The normalized spacial score (nSPS) is 13.0. The maximum Gasteiger partial charge on any atom is 0.433 e. The summed E-state index contributed by atoms with van der Waals surface area (Å²) < 4.78 is 54.6. The summed E-state index contributed by atoms with van der Waals surface area (Å²) in [6.45, 7) is 1.59. The number of hydrogen-bond donors (Lipinski definition) is 1. The Labute approximate surface area is 168 Å². The summed E-state index contributed by atoms with van der Waals surface area (Å²) in [5.74, 6) is -1.78. The standard InChI is InChI=1S/C18H15BF3N3O5/c1-8(23-7-29-19)13-15(17(26)27)30-16(25-13)10-3-5-11(28-2)14-9(10)4-6-12(24-14)18(20,21)22/h3-8H,19H2,1-2H3,(H,26,27). The van der Waals surface area contributed by atoms with Crippen molar-refractivity contribution in [2.45, 2.75) is 19.1 Å². The molecular formula is C18H15BF3N3O5. The molecule has 0 aliphatic rings. The van der Waals surface area contributed by atoms with Gasteiger partial charge in [0.1, 0.15) is 22.7 Å². The van der Waals surface area contributed by atoms with E-state index in [4.69, 9.17) is 13.8 Å². The van der Waals surface area contributed by atoms with E-state index in [1.165, 1.54) is 33.4 Å². The number of alkyl halides is 3. The Kier molecular flexibility index (Phi) is 5.68. The Morgan fingerprint density at radius 3 is 2.63 bits per heavy atom. The molecule has 3 rings (SSSR count). The predicted octanol–water partition coefficient (Wildman–Crippen LogP) is 3.27. The van der Waals surface area contributed by atoms with E-state index in [2.05, 4.69) is 15.0 Å². The number of carboxylic acids is 1. The number of rotatable bonds is 6. The minimum Gasteiger partial charge on any atom is -0.560 e. The van der Waals surface area contributed by atoms with Crippen molar-refractivity contribution in [3.8, 4) is 17.2 Å². The third-order valence-corrected chi connectivity index (χ3v) is 4.19. The highest BCUT2D eigenvalue weighted by molar-refractivity contribution is 6.02. The number of methoxy groups -OCH3 is 1. The molecule has 0 bridgehead atoms. The van der Waals surface area contributed by atoms with Crippen molar-refractivity contribution in [3.63, 3.8) is 0 Å². The first kappa shape index (κ1) is 21.2. The molecule has 1 unspecified atom stereocenters. The molecular weight excluding hydrogens is 406 g/mol. The summed E-state index contributed by atoms with van der Waals surface area (Å²) in [4.78, 5) is 23.5. The fourth-order valence-corrected chi connectivity index (χ4v) is 2.81. The average Bonchev–Trinajstić information content (AvgIpc) is 3.15. The zero-order valence-electron chi connectivity index (χ0n) is 16.0. The lowest BCUT2D eigenvalue weighted by atomic mass is 10.1. The van der Waals surface area contributed by atoms with Gasteiger partial charge in [0.15, 0.2) is 6.40 Å². The molecule has 0 fully saturated rings. The summed E-state index contributed by atoms with van der Waals surface area (Å²) in [6, 6.07) is 4.23. The number of halogens is 3. The first-order chi connectivity index (χ1) is 14.2. The van der Waals surface area contributed by atoms with Crippen molar-refractivity contribution >= 4 is 31.3 Å². The van der Waals surface area contributed by atoms with Gasteiger partial charge < -0.3 is 18.9 Å². The van der Waals surface area contributed by atoms with Gasteiger partial charge in [-0.1, -0.05) is 0 Å². The van der Waals surface area contributed by atoms with Crippen LogP contribution in [0.5, 0.6) is 5.75 Å². The van der Waals surface area contributed by atoms with Gasteiger partial charge in [0.25, 0.3) is 0 Å². The molecule has 12 heteroatoms. The quantitative estimate of drug-likeness (QED) is 0.370. The average molecular weight is 421 g/mol. The summed E-state index contributed by atoms with van der Waals surface area (Å²) in [5.41, 5.74) is -0.863. The van der Waals surface area contributed by atoms with Crippen LogP contribution in [0.3, 0.4) is 0 Å². The molecule has 1 N–H and O–H groups in total. The molecule has 3 aromatic rings. The number of aromatic nitrogens is 2. The number of oxazole rings is 1. The van der Waals surface area contributed by atoms with Gasteiger partial charge in [0.2, 0.25) is 11.7 Å². The zero-order valence-corrected chi connectivity index (χ0v) is 16.0. The molecule has 156 valence electrons. The third kappa shape index (κ3) is 3.93. The highest BCUT2D eigenvalue weighted by Gasteiger charge is 2.33. The number of pyridine rings is 1. The number of aliphatic imine (C=N–C) groups is 1. The second kappa shape index (κ2) is 8.05. The molecule has 30 heavy (non-hydrogen) atoms. The number of carbonyl (C=O) groups is 1. The number of carboxylic acid groups (broad SMARTS) is 1. The van der Waals surface area contributed by atoms with Crippen LogP contribution in [0.4, 0.5) is 13.2 Å². The second-order valence-corrected chi connectivity index (χ2v) is 6.11. The number of nitrogens with zero attached hydrogens (tertiary/aromatic N) is 3. The van der Waals surface area contributed by atoms with Crippen LogP contribution in [0.1, 0.15) is 34.9 Å². The van der Waals surface area contributed by atoms with Crippen LogP contribution in [-0.4, -0.2) is 42.6 Å². The van der Waals surface area contributed by atoms with Crippen molar-refractivity contribution in [1.82, 2.24) is 9.97 Å². The van der Waals surface area contributed by atoms with Gasteiger partial charge in [-0.15, -0.1) is 0 Å². The molecule has 1 atom stereocenters. The van der Waals surface area contributed by atoms with Crippen LogP contribution >= 0.6 is 0 Å². The second-order valence-electron chi connectivity index (χ2n) is 6.11. The molecule has 0 aliphatic carbocycles. The Balaban J connectivity index is 2.22. The smallest absolute Gasteiger partial charge is 0.433 e. The maximum absolute atomic E-state index is 13.1. The Bertz CT molecular complexity index is 1130. The molecule has 0 spiro atoms. The molecule has 0 saturated heterocycles. The lowest BCUT2D eigenvalue weighted by Gasteiger charge is -2.11. The largest absolute Gasteiger partial charge is 0.560 e. The Morgan fingerprint density at radius 1 is 1.30 bits per heavy atom. The SMILES string of the molecule is BOC=NC(C)c1nc(-c2ccc(OC)c3nc(C(F)(F)F)ccc23)oc1C(=O)O. The van der Waals surface area contributed by atoms with E-state index in [1.807, 2.05) is 0 Å². The highest BCUT2D eigenvalue weighted by Crippen LogP contribution is 2.37. The van der Waals surface area contributed by atoms with Crippen molar-refractivity contribution in [2.24, 2.45) is 4.99 Å². The monoisotopic (exact) mass is 421 g/mol. The molecule has 8 nitrogen and oxygen atoms in total. The van der Waals surface area contributed by atoms with Crippen molar-refractivity contribution < 1.29 is 36.9 Å². The van der Waals surface area contributed by atoms with Crippen LogP contribution < -0.4 is 4.74 Å². The number of fused-ring (bicyclic) bond motifs is 1. The van der Waals surface area contributed by atoms with Crippen molar-refractivity contribution in [1.29, 1.82) is 0 Å². The molecule has 1 aromatic carbocycles. The van der Waals surface area contributed by atoms with E-state index in [-0.39, 0.29) is 33.8 Å². The summed E-state index contributed by atoms with van der Waals surface area (Å²) in [7, 11) is 2.69. The fourth-order valence-electron chi connectivity index (χ4n) is 2.81.